The van der Waals surface area contributed by atoms with Gasteiger partial charge in [-0.2, -0.15) is 4.98 Å². The molecule has 0 bridgehead atoms. The lowest BCUT2D eigenvalue weighted by atomic mass is 10.0. The van der Waals surface area contributed by atoms with Gasteiger partial charge >= 0.3 is 0 Å². The molecule has 186 valence electrons. The summed E-state index contributed by atoms with van der Waals surface area (Å²) in [6.07, 6.45) is 9.14. The molecule has 9 heteroatoms. The predicted molar refractivity (Wildman–Crippen MR) is 152 cm³/mol. The molecule has 2 aromatic carbocycles. The Balaban J connectivity index is 1.36. The van der Waals surface area contributed by atoms with Crippen LogP contribution in [0.5, 0.6) is 0 Å². The van der Waals surface area contributed by atoms with Crippen LogP contribution < -0.4 is 15.6 Å². The summed E-state index contributed by atoms with van der Waals surface area (Å²) in [5.74, 6) is 0.403. The van der Waals surface area contributed by atoms with Crippen LogP contribution in [0.2, 0.25) is 10.0 Å². The molecule has 6 rings (SSSR count). The number of anilines is 3. The monoisotopic (exact) mass is 530 g/mol. The van der Waals surface area contributed by atoms with Crippen molar-refractivity contribution in [2.75, 3.05) is 43.4 Å². The van der Waals surface area contributed by atoms with E-state index in [1.807, 2.05) is 34.9 Å². The number of rotatable bonds is 5. The number of fused-ring (bicyclic) bond motifs is 1. The van der Waals surface area contributed by atoms with Crippen LogP contribution in [-0.4, -0.2) is 52.7 Å². The van der Waals surface area contributed by atoms with Crippen LogP contribution >= 0.6 is 23.2 Å². The number of pyridine rings is 1. The van der Waals surface area contributed by atoms with E-state index in [9.17, 15) is 4.79 Å². The van der Waals surface area contributed by atoms with Crippen LogP contribution in [0.25, 0.3) is 27.9 Å². The molecule has 37 heavy (non-hydrogen) atoms. The average Bonchev–Trinajstić information content (AvgIpc) is 2.86. The molecule has 7 nitrogen and oxygen atoms in total. The number of nitrogens with zero attached hydrogens (tertiary/aromatic N) is 5. The van der Waals surface area contributed by atoms with Crippen LogP contribution in [0.4, 0.5) is 17.3 Å². The quantitative estimate of drug-likeness (QED) is 0.358. The van der Waals surface area contributed by atoms with Gasteiger partial charge < -0.3 is 19.7 Å². The number of piperazine rings is 1. The van der Waals surface area contributed by atoms with Gasteiger partial charge in [-0.3, -0.25) is 4.79 Å². The summed E-state index contributed by atoms with van der Waals surface area (Å²) in [7, 11) is 2.15. The van der Waals surface area contributed by atoms with Crippen LogP contribution in [0.3, 0.4) is 0 Å². The first kappa shape index (κ1) is 23.7. The number of benzene rings is 2. The molecule has 1 aliphatic heterocycles. The van der Waals surface area contributed by atoms with Gasteiger partial charge in [0.05, 0.1) is 15.4 Å². The Morgan fingerprint density at radius 3 is 2.32 bits per heavy atom. The molecule has 3 heterocycles. The molecule has 2 aliphatic rings. The summed E-state index contributed by atoms with van der Waals surface area (Å²) in [5.41, 5.74) is 4.13. The maximum Gasteiger partial charge on any atom is 0.229 e. The summed E-state index contributed by atoms with van der Waals surface area (Å²) >= 11 is 12.9. The highest BCUT2D eigenvalue weighted by molar-refractivity contribution is 6.39. The molecule has 1 fully saturated rings. The van der Waals surface area contributed by atoms with E-state index in [-0.39, 0.29) is 5.43 Å². The summed E-state index contributed by atoms with van der Waals surface area (Å²) in [5, 5.41) is 4.48. The largest absolute Gasteiger partial charge is 0.369 e. The number of hydrogen-bond acceptors (Lipinski definition) is 6. The number of allylic oxidation sites excluding steroid dienone is 4. The van der Waals surface area contributed by atoms with Crippen molar-refractivity contribution in [3.8, 4) is 11.1 Å². The van der Waals surface area contributed by atoms with Crippen LogP contribution in [0, 0.1) is 0 Å². The summed E-state index contributed by atoms with van der Waals surface area (Å²) in [6, 6.07) is 13.4. The van der Waals surface area contributed by atoms with Crippen molar-refractivity contribution < 1.29 is 0 Å². The Morgan fingerprint density at radius 1 is 0.973 bits per heavy atom. The Morgan fingerprint density at radius 2 is 1.68 bits per heavy atom. The van der Waals surface area contributed by atoms with Gasteiger partial charge in [0.1, 0.15) is 0 Å². The standard InChI is InChI=1S/C28H24Cl2N6O/c1-34-12-14-35(15-13-34)19-10-8-18(9-11-19)32-28-31-16-21-26(37)22(25-23(29)6-3-7-24(25)30)17-36(27(21)33-28)20-4-2-5-20/h2-11,16-17H,12-15H2,1H3,(H,31,32,33). The lowest BCUT2D eigenvalue weighted by molar-refractivity contribution is 0.313. The van der Waals surface area contributed by atoms with Crippen LogP contribution in [-0.2, 0) is 0 Å². The van der Waals surface area contributed by atoms with Gasteiger partial charge in [-0.1, -0.05) is 35.3 Å². The van der Waals surface area contributed by atoms with Gasteiger partial charge in [-0.15, -0.1) is 0 Å². The molecule has 2 aromatic heterocycles. The van der Waals surface area contributed by atoms with Gasteiger partial charge in [-0.25, -0.2) is 4.98 Å². The fourth-order valence-corrected chi connectivity index (χ4v) is 5.19. The highest BCUT2D eigenvalue weighted by Gasteiger charge is 2.19. The normalized spacial score (nSPS) is 15.5. The van der Waals surface area contributed by atoms with Crippen molar-refractivity contribution in [3.05, 3.63) is 93.4 Å². The summed E-state index contributed by atoms with van der Waals surface area (Å²) in [6.45, 7) is 4.14. The minimum Gasteiger partial charge on any atom is -0.369 e. The van der Waals surface area contributed by atoms with E-state index in [2.05, 4.69) is 39.3 Å². The fourth-order valence-electron chi connectivity index (χ4n) is 4.59. The molecule has 1 aliphatic carbocycles. The summed E-state index contributed by atoms with van der Waals surface area (Å²) < 4.78 is 1.87. The zero-order valence-electron chi connectivity index (χ0n) is 20.2. The summed E-state index contributed by atoms with van der Waals surface area (Å²) in [4.78, 5) is 27.4. The first-order valence-electron chi connectivity index (χ1n) is 12.0. The van der Waals surface area contributed by atoms with Gasteiger partial charge in [-0.05, 0) is 55.6 Å². The number of likely N-dealkylation sites (N-methyl/N-ethyl adjacent to an activating group) is 1. The average molecular weight is 531 g/mol. The van der Waals surface area contributed by atoms with Gasteiger partial charge in [0, 0.05) is 66.8 Å². The zero-order chi connectivity index (χ0) is 25.5. The highest BCUT2D eigenvalue weighted by Crippen LogP contribution is 2.34. The predicted octanol–water partition coefficient (Wildman–Crippen LogP) is 5.67. The smallest absolute Gasteiger partial charge is 0.229 e. The number of halogens is 2. The molecule has 0 atom stereocenters. The van der Waals surface area contributed by atoms with E-state index < -0.39 is 0 Å². The second kappa shape index (κ2) is 9.67. The van der Waals surface area contributed by atoms with Crippen LogP contribution in [0.15, 0.2) is 77.9 Å². The molecule has 1 saturated heterocycles. The Bertz CT molecular complexity index is 1600. The third-order valence-corrected chi connectivity index (χ3v) is 7.41. The molecule has 0 radical (unpaired) electrons. The van der Waals surface area contributed by atoms with Crippen molar-refractivity contribution in [2.45, 2.75) is 0 Å². The van der Waals surface area contributed by atoms with Crippen molar-refractivity contribution in [3.63, 3.8) is 0 Å². The molecule has 0 spiro atoms. The third kappa shape index (κ3) is 4.50. The number of aromatic nitrogens is 3. The molecule has 0 unspecified atom stereocenters. The lowest BCUT2D eigenvalue weighted by Gasteiger charge is -2.34. The molecular weight excluding hydrogens is 507 g/mol. The Hall–Kier alpha value is -3.65. The molecule has 0 saturated carbocycles. The first-order valence-corrected chi connectivity index (χ1v) is 12.8. The highest BCUT2D eigenvalue weighted by atomic mass is 35.5. The van der Waals surface area contributed by atoms with Crippen molar-refractivity contribution in [1.82, 2.24) is 19.4 Å². The van der Waals surface area contributed by atoms with E-state index in [0.29, 0.717) is 38.2 Å². The number of nitrogens with one attached hydrogen (secondary N) is 1. The van der Waals surface area contributed by atoms with Gasteiger partial charge in [0.15, 0.2) is 5.65 Å². The van der Waals surface area contributed by atoms with Crippen LogP contribution in [0.1, 0.15) is 0 Å². The number of hydrogen-bond donors (Lipinski definition) is 1. The molecular formula is C28H24Cl2N6O. The van der Waals surface area contributed by atoms with Gasteiger partial charge in [0.25, 0.3) is 0 Å². The molecule has 4 aromatic rings. The first-order chi connectivity index (χ1) is 18.0. The van der Waals surface area contributed by atoms with Crippen molar-refractivity contribution >= 4 is 57.3 Å². The van der Waals surface area contributed by atoms with E-state index in [4.69, 9.17) is 28.2 Å². The lowest BCUT2D eigenvalue weighted by Crippen LogP contribution is -2.44. The second-order valence-electron chi connectivity index (χ2n) is 9.18. The van der Waals surface area contributed by atoms with E-state index in [0.717, 1.165) is 37.6 Å². The zero-order valence-corrected chi connectivity index (χ0v) is 21.7. The second-order valence-corrected chi connectivity index (χ2v) is 10.00. The topological polar surface area (TPSA) is 66.3 Å². The van der Waals surface area contributed by atoms with E-state index in [1.165, 1.54) is 5.69 Å². The van der Waals surface area contributed by atoms with Gasteiger partial charge in [0.2, 0.25) is 11.4 Å². The molecule has 0 amide bonds. The fraction of sp³-hybridized carbons (Fsp3) is 0.179. The molecule has 1 N–H and O–H groups in total. The van der Waals surface area contributed by atoms with Crippen molar-refractivity contribution in [2.24, 2.45) is 0 Å². The maximum absolute atomic E-state index is 13.5. The SMILES string of the molecule is CN1CCN(c2ccc(Nc3ncc4c(=O)c(-c5c(Cl)cccc5Cl)cn(C5=CC=C5)c4n3)cc2)CC1. The Kier molecular flexibility index (Phi) is 6.20. The minimum absolute atomic E-state index is 0.228. The maximum atomic E-state index is 13.5. The minimum atomic E-state index is -0.228. The van der Waals surface area contributed by atoms with E-state index >= 15 is 0 Å². The van der Waals surface area contributed by atoms with E-state index in [1.54, 1.807) is 30.6 Å². The van der Waals surface area contributed by atoms with Crippen molar-refractivity contribution in [1.29, 1.82) is 0 Å². The Labute approximate surface area is 224 Å². The third-order valence-electron chi connectivity index (χ3n) is 6.78.